The molecule has 7 heteroatoms. The van der Waals surface area contributed by atoms with E-state index < -0.39 is 10.2 Å². The number of hydrogen-bond donors (Lipinski definition) is 1. The molecule has 1 heterocycles. The number of rotatable bonds is 10. The summed E-state index contributed by atoms with van der Waals surface area (Å²) in [5, 5.41) is 3.26. The molecule has 6 nitrogen and oxygen atoms in total. The minimum Gasteiger partial charge on any atom is -0.468 e. The molecule has 0 aliphatic carbocycles. The van der Waals surface area contributed by atoms with Gasteiger partial charge in [-0.15, -0.1) is 0 Å². The lowest BCUT2D eigenvalue weighted by atomic mass is 10.4. The number of furan rings is 1. The summed E-state index contributed by atoms with van der Waals surface area (Å²) in [6.07, 6.45) is 3.42. The maximum atomic E-state index is 12.3. The average Bonchev–Trinajstić information content (AvgIpc) is 2.91. The first-order valence-electron chi connectivity index (χ1n) is 6.89. The minimum absolute atomic E-state index is 0.244. The third kappa shape index (κ3) is 5.24. The molecule has 20 heavy (non-hydrogen) atoms. The summed E-state index contributed by atoms with van der Waals surface area (Å²) in [5.41, 5.74) is 0. The SMILES string of the molecule is CCCNCCCN(C)S(=O)(=O)N(C)Cc1ccco1. The second kappa shape index (κ2) is 8.41. The zero-order valence-corrected chi connectivity index (χ0v) is 13.3. The lowest BCUT2D eigenvalue weighted by Crippen LogP contribution is -2.40. The fraction of sp³-hybridized carbons (Fsp3) is 0.692. The molecule has 0 unspecified atom stereocenters. The van der Waals surface area contributed by atoms with Crippen molar-refractivity contribution in [2.45, 2.75) is 26.3 Å². The van der Waals surface area contributed by atoms with Crippen LogP contribution in [0.5, 0.6) is 0 Å². The summed E-state index contributed by atoms with van der Waals surface area (Å²) in [6.45, 7) is 4.65. The molecule has 1 aromatic rings. The summed E-state index contributed by atoms with van der Waals surface area (Å²) in [6, 6.07) is 3.51. The minimum atomic E-state index is -3.43. The molecule has 0 saturated heterocycles. The lowest BCUT2D eigenvalue weighted by Gasteiger charge is -2.23. The zero-order chi connectivity index (χ0) is 15.0. The van der Waals surface area contributed by atoms with E-state index in [9.17, 15) is 8.42 Å². The van der Waals surface area contributed by atoms with Gasteiger partial charge in [-0.25, -0.2) is 0 Å². The second-order valence-electron chi connectivity index (χ2n) is 4.77. The van der Waals surface area contributed by atoms with Crippen molar-refractivity contribution >= 4 is 10.2 Å². The lowest BCUT2D eigenvalue weighted by molar-refractivity contribution is 0.361. The van der Waals surface area contributed by atoms with Gasteiger partial charge in [0.05, 0.1) is 12.8 Å². The fourth-order valence-corrected chi connectivity index (χ4v) is 2.91. The predicted molar refractivity (Wildman–Crippen MR) is 79.5 cm³/mol. The normalized spacial score (nSPS) is 12.4. The molecule has 0 saturated carbocycles. The topological polar surface area (TPSA) is 65.8 Å². The van der Waals surface area contributed by atoms with Crippen LogP contribution in [0.25, 0.3) is 0 Å². The van der Waals surface area contributed by atoms with Crippen molar-refractivity contribution in [2.24, 2.45) is 0 Å². The Balaban J connectivity index is 2.41. The van der Waals surface area contributed by atoms with Crippen LogP contribution in [0, 0.1) is 0 Å². The monoisotopic (exact) mass is 303 g/mol. The van der Waals surface area contributed by atoms with Crippen molar-refractivity contribution < 1.29 is 12.8 Å². The van der Waals surface area contributed by atoms with Gasteiger partial charge in [0.1, 0.15) is 5.76 Å². The van der Waals surface area contributed by atoms with E-state index in [1.54, 1.807) is 32.5 Å². The van der Waals surface area contributed by atoms with Gasteiger partial charge in [-0.3, -0.25) is 0 Å². The summed E-state index contributed by atoms with van der Waals surface area (Å²) >= 11 is 0. The van der Waals surface area contributed by atoms with Crippen molar-refractivity contribution in [3.8, 4) is 0 Å². The predicted octanol–water partition coefficient (Wildman–Crippen LogP) is 1.28. The van der Waals surface area contributed by atoms with E-state index in [-0.39, 0.29) is 6.54 Å². The molecule has 0 spiro atoms. The van der Waals surface area contributed by atoms with Gasteiger partial charge in [-0.1, -0.05) is 6.92 Å². The zero-order valence-electron chi connectivity index (χ0n) is 12.5. The van der Waals surface area contributed by atoms with Gasteiger partial charge in [0.25, 0.3) is 10.2 Å². The molecule has 116 valence electrons. The number of hydrogen-bond acceptors (Lipinski definition) is 4. The highest BCUT2D eigenvalue weighted by molar-refractivity contribution is 7.86. The molecule has 0 atom stereocenters. The Morgan fingerprint density at radius 2 is 2.00 bits per heavy atom. The highest BCUT2D eigenvalue weighted by atomic mass is 32.2. The summed E-state index contributed by atoms with van der Waals surface area (Å²) in [5.74, 6) is 0.633. The van der Waals surface area contributed by atoms with Crippen LogP contribution in [0.2, 0.25) is 0 Å². The highest BCUT2D eigenvalue weighted by Gasteiger charge is 2.23. The molecular formula is C13H25N3O3S. The number of nitrogens with one attached hydrogen (secondary N) is 1. The Hall–Kier alpha value is -0.890. The van der Waals surface area contributed by atoms with Crippen molar-refractivity contribution in [3.63, 3.8) is 0 Å². The van der Waals surface area contributed by atoms with Gasteiger partial charge in [0.2, 0.25) is 0 Å². The van der Waals surface area contributed by atoms with E-state index in [1.165, 1.54) is 8.61 Å². The van der Waals surface area contributed by atoms with Gasteiger partial charge in [0.15, 0.2) is 0 Å². The van der Waals surface area contributed by atoms with E-state index in [0.717, 1.165) is 25.9 Å². The quantitative estimate of drug-likeness (QED) is 0.661. The Labute approximate surface area is 121 Å². The number of nitrogens with zero attached hydrogens (tertiary/aromatic N) is 2. The first-order valence-corrected chi connectivity index (χ1v) is 8.29. The first kappa shape index (κ1) is 17.2. The van der Waals surface area contributed by atoms with Gasteiger partial charge >= 0.3 is 0 Å². The van der Waals surface area contributed by atoms with Crippen LogP contribution < -0.4 is 5.32 Å². The molecule has 0 amide bonds. The van der Waals surface area contributed by atoms with Crippen LogP contribution in [0.1, 0.15) is 25.5 Å². The third-order valence-electron chi connectivity index (χ3n) is 3.00. The Kier molecular flexibility index (Phi) is 7.22. The smallest absolute Gasteiger partial charge is 0.281 e. The van der Waals surface area contributed by atoms with E-state index in [4.69, 9.17) is 4.42 Å². The molecule has 0 fully saturated rings. The van der Waals surface area contributed by atoms with Crippen LogP contribution in [0.3, 0.4) is 0 Å². The van der Waals surface area contributed by atoms with Crippen LogP contribution in [-0.4, -0.2) is 50.8 Å². The van der Waals surface area contributed by atoms with E-state index >= 15 is 0 Å². The average molecular weight is 303 g/mol. The van der Waals surface area contributed by atoms with Crippen LogP contribution in [0.4, 0.5) is 0 Å². The maximum absolute atomic E-state index is 12.3. The third-order valence-corrected chi connectivity index (χ3v) is 4.89. The summed E-state index contributed by atoms with van der Waals surface area (Å²) in [4.78, 5) is 0. The maximum Gasteiger partial charge on any atom is 0.281 e. The Morgan fingerprint density at radius 3 is 2.60 bits per heavy atom. The Morgan fingerprint density at radius 1 is 1.25 bits per heavy atom. The molecule has 1 rings (SSSR count). The fourth-order valence-electron chi connectivity index (χ4n) is 1.79. The molecule has 1 N–H and O–H groups in total. The van der Waals surface area contributed by atoms with Crippen molar-refractivity contribution in [1.29, 1.82) is 0 Å². The van der Waals surface area contributed by atoms with Gasteiger partial charge in [-0.2, -0.15) is 17.0 Å². The van der Waals surface area contributed by atoms with Gasteiger partial charge < -0.3 is 9.73 Å². The molecule has 0 bridgehead atoms. The van der Waals surface area contributed by atoms with Crippen molar-refractivity contribution in [1.82, 2.24) is 13.9 Å². The molecule has 0 aliphatic rings. The molecule has 0 aromatic carbocycles. The molecule has 0 radical (unpaired) electrons. The standard InChI is InChI=1S/C13H25N3O3S/c1-4-8-14-9-6-10-15(2)20(17,18)16(3)12-13-7-5-11-19-13/h5,7,11,14H,4,6,8-10,12H2,1-3H3. The largest absolute Gasteiger partial charge is 0.468 e. The summed E-state index contributed by atoms with van der Waals surface area (Å²) < 4.78 is 32.4. The van der Waals surface area contributed by atoms with Crippen LogP contribution in [0.15, 0.2) is 22.8 Å². The van der Waals surface area contributed by atoms with Crippen LogP contribution in [-0.2, 0) is 16.8 Å². The second-order valence-corrected chi connectivity index (χ2v) is 6.91. The highest BCUT2D eigenvalue weighted by Crippen LogP contribution is 2.10. The van der Waals surface area contributed by atoms with Crippen LogP contribution >= 0.6 is 0 Å². The van der Waals surface area contributed by atoms with Crippen molar-refractivity contribution in [2.75, 3.05) is 33.7 Å². The Bertz CT molecular complexity index is 459. The van der Waals surface area contributed by atoms with E-state index in [1.807, 2.05) is 0 Å². The summed E-state index contributed by atoms with van der Waals surface area (Å²) in [7, 11) is -0.265. The van der Waals surface area contributed by atoms with Gasteiger partial charge in [-0.05, 0) is 38.1 Å². The first-order chi connectivity index (χ1) is 9.48. The van der Waals surface area contributed by atoms with Crippen molar-refractivity contribution in [3.05, 3.63) is 24.2 Å². The van der Waals surface area contributed by atoms with Gasteiger partial charge in [0, 0.05) is 20.6 Å². The van der Waals surface area contributed by atoms with E-state index in [2.05, 4.69) is 12.2 Å². The molecular weight excluding hydrogens is 278 g/mol. The molecule has 1 aromatic heterocycles. The molecule has 0 aliphatic heterocycles. The van der Waals surface area contributed by atoms with E-state index in [0.29, 0.717) is 12.3 Å².